The molecule has 5 rings (SSSR count). The van der Waals surface area contributed by atoms with Crippen LogP contribution in [0.4, 0.5) is 5.69 Å². The lowest BCUT2D eigenvalue weighted by atomic mass is 10.00. The van der Waals surface area contributed by atoms with Crippen LogP contribution >= 0.6 is 0 Å². The molecule has 3 N–H and O–H groups in total. The monoisotopic (exact) mass is 524 g/mol. The molecule has 200 valence electrons. The van der Waals surface area contributed by atoms with Crippen molar-refractivity contribution in [2.45, 2.75) is 27.7 Å². The maximum absolute atomic E-state index is 13.0. The summed E-state index contributed by atoms with van der Waals surface area (Å²) in [6.07, 6.45) is 8.75. The number of likely N-dealkylation sites (N-methyl/N-ethyl adjacent to an activating group) is 1. The van der Waals surface area contributed by atoms with Crippen LogP contribution in [0.25, 0.3) is 28.7 Å². The maximum atomic E-state index is 13.0. The summed E-state index contributed by atoms with van der Waals surface area (Å²) in [5, 5.41) is 10.4. The summed E-state index contributed by atoms with van der Waals surface area (Å²) in [5.74, 6) is 0.177. The molecule has 1 aromatic carbocycles. The number of aryl methyl sites for hydroxylation is 1. The van der Waals surface area contributed by atoms with Gasteiger partial charge in [-0.3, -0.25) is 9.59 Å². The van der Waals surface area contributed by atoms with Gasteiger partial charge in [-0.1, -0.05) is 19.9 Å². The van der Waals surface area contributed by atoms with Gasteiger partial charge in [0.2, 0.25) is 5.95 Å². The Balaban J connectivity index is 1.41. The topological polar surface area (TPSA) is 121 Å². The van der Waals surface area contributed by atoms with Gasteiger partial charge < -0.3 is 20.5 Å². The van der Waals surface area contributed by atoms with E-state index in [-0.39, 0.29) is 11.8 Å². The van der Waals surface area contributed by atoms with E-state index in [1.807, 2.05) is 44.3 Å². The molecule has 0 aliphatic carbocycles. The minimum Gasteiger partial charge on any atom is -0.358 e. The number of aromatic nitrogens is 5. The lowest BCUT2D eigenvalue weighted by molar-refractivity contribution is -0.110. The molecule has 0 saturated carbocycles. The fourth-order valence-electron chi connectivity index (χ4n) is 4.86. The van der Waals surface area contributed by atoms with Gasteiger partial charge in [0.05, 0.1) is 17.3 Å². The molecule has 10 heteroatoms. The van der Waals surface area contributed by atoms with Crippen LogP contribution in [0.15, 0.2) is 49.1 Å². The van der Waals surface area contributed by atoms with Gasteiger partial charge in [-0.05, 0) is 62.3 Å². The predicted octanol–water partition coefficient (Wildman–Crippen LogP) is 3.84. The number of H-pyrrole nitrogens is 1. The first-order valence-corrected chi connectivity index (χ1v) is 13.1. The molecular weight excluding hydrogens is 492 g/mol. The third-order valence-electron chi connectivity index (χ3n) is 7.08. The Morgan fingerprint density at radius 1 is 1.13 bits per heavy atom. The number of nitrogens with zero attached hydrogens (tertiary/aromatic N) is 5. The van der Waals surface area contributed by atoms with Gasteiger partial charge in [-0.2, -0.15) is 5.10 Å². The fourth-order valence-corrected chi connectivity index (χ4v) is 4.86. The quantitative estimate of drug-likeness (QED) is 0.286. The van der Waals surface area contributed by atoms with Crippen molar-refractivity contribution in [3.05, 3.63) is 77.1 Å². The van der Waals surface area contributed by atoms with Crippen molar-refractivity contribution in [3.8, 4) is 17.1 Å². The number of fused-ring (bicyclic) bond motifs is 1. The Morgan fingerprint density at radius 3 is 2.64 bits per heavy atom. The molecule has 2 amide bonds. The number of nitrogens with one attached hydrogen (secondary N) is 3. The summed E-state index contributed by atoms with van der Waals surface area (Å²) in [5.41, 5.74) is 6.77. The Hall–Kier alpha value is -4.57. The summed E-state index contributed by atoms with van der Waals surface area (Å²) < 4.78 is 1.61. The molecule has 1 aliphatic rings. The number of hydrogen-bond donors (Lipinski definition) is 3. The van der Waals surface area contributed by atoms with E-state index in [2.05, 4.69) is 49.4 Å². The Bertz CT molecular complexity index is 1550. The van der Waals surface area contributed by atoms with Crippen molar-refractivity contribution in [1.29, 1.82) is 0 Å². The molecule has 39 heavy (non-hydrogen) atoms. The summed E-state index contributed by atoms with van der Waals surface area (Å²) in [7, 11) is 0. The van der Waals surface area contributed by atoms with E-state index in [9.17, 15) is 9.59 Å². The summed E-state index contributed by atoms with van der Waals surface area (Å²) >= 11 is 0. The van der Waals surface area contributed by atoms with Crippen LogP contribution in [0, 0.1) is 13.8 Å². The molecule has 0 saturated heterocycles. The van der Waals surface area contributed by atoms with Gasteiger partial charge >= 0.3 is 0 Å². The highest BCUT2D eigenvalue weighted by molar-refractivity contribution is 6.35. The largest absolute Gasteiger partial charge is 0.358 e. The van der Waals surface area contributed by atoms with Crippen molar-refractivity contribution in [1.82, 2.24) is 34.9 Å². The van der Waals surface area contributed by atoms with E-state index >= 15 is 0 Å². The zero-order valence-electron chi connectivity index (χ0n) is 22.6. The molecule has 0 bridgehead atoms. The molecule has 0 fully saturated rings. The van der Waals surface area contributed by atoms with Crippen LogP contribution in [-0.4, -0.2) is 67.6 Å². The van der Waals surface area contributed by atoms with E-state index in [0.29, 0.717) is 23.6 Å². The second-order valence-corrected chi connectivity index (χ2v) is 9.44. The molecule has 0 spiro atoms. The molecule has 1 aliphatic heterocycles. The first-order valence-electron chi connectivity index (χ1n) is 13.1. The van der Waals surface area contributed by atoms with Gasteiger partial charge in [0, 0.05) is 59.9 Å². The van der Waals surface area contributed by atoms with Crippen LogP contribution in [0.1, 0.15) is 46.7 Å². The van der Waals surface area contributed by atoms with Crippen molar-refractivity contribution in [2.24, 2.45) is 0 Å². The molecule has 0 atom stereocenters. The number of carbonyl (C=O) groups is 2. The molecular formula is C29H32N8O2. The van der Waals surface area contributed by atoms with Gasteiger partial charge in [-0.25, -0.2) is 14.6 Å². The van der Waals surface area contributed by atoms with E-state index in [1.54, 1.807) is 29.3 Å². The first kappa shape index (κ1) is 26.1. The fraction of sp³-hybridized carbons (Fsp3) is 0.276. The Kier molecular flexibility index (Phi) is 7.38. The summed E-state index contributed by atoms with van der Waals surface area (Å²) in [6.45, 7) is 11.3. The lowest BCUT2D eigenvalue weighted by Crippen LogP contribution is -2.35. The molecule has 0 radical (unpaired) electrons. The third-order valence-corrected chi connectivity index (χ3v) is 7.08. The van der Waals surface area contributed by atoms with Crippen LogP contribution < -0.4 is 10.6 Å². The van der Waals surface area contributed by atoms with E-state index < -0.39 is 0 Å². The van der Waals surface area contributed by atoms with E-state index in [4.69, 9.17) is 0 Å². The SMILES string of the molecule is CCN(CC)CCNC(=O)c1c(C)[nH]c(C=C2C(=O)Nc3ccc(-c4cnn(-c5ncccn5)c4)cc32)c1C. The molecule has 0 unspecified atom stereocenters. The summed E-state index contributed by atoms with van der Waals surface area (Å²) in [6, 6.07) is 7.56. The standard InChI is InChI=1S/C29H32N8O2/c1-5-36(6-2)13-12-30-28(39)26-18(3)25(34-19(26)4)15-23-22-14-20(8-9-24(22)35-27(23)38)21-16-33-37(17-21)29-31-10-7-11-32-29/h7-11,14-17,34H,5-6,12-13H2,1-4H3,(H,30,39)(H,35,38). The average Bonchev–Trinajstić information content (AvgIpc) is 3.63. The molecule has 10 nitrogen and oxygen atoms in total. The smallest absolute Gasteiger partial charge is 0.256 e. The predicted molar refractivity (Wildman–Crippen MR) is 151 cm³/mol. The average molecular weight is 525 g/mol. The van der Waals surface area contributed by atoms with Crippen molar-refractivity contribution >= 4 is 29.2 Å². The number of rotatable bonds is 9. The second-order valence-electron chi connectivity index (χ2n) is 9.44. The van der Waals surface area contributed by atoms with Crippen molar-refractivity contribution in [3.63, 3.8) is 0 Å². The van der Waals surface area contributed by atoms with Gasteiger partial charge in [0.1, 0.15) is 0 Å². The minimum absolute atomic E-state index is 0.115. The molecule has 4 aromatic rings. The number of aromatic amines is 1. The summed E-state index contributed by atoms with van der Waals surface area (Å²) in [4.78, 5) is 40.0. The normalized spacial score (nSPS) is 13.7. The van der Waals surface area contributed by atoms with Crippen LogP contribution in [0.3, 0.4) is 0 Å². The van der Waals surface area contributed by atoms with Crippen LogP contribution in [0.5, 0.6) is 0 Å². The highest BCUT2D eigenvalue weighted by atomic mass is 16.2. The third kappa shape index (κ3) is 5.23. The van der Waals surface area contributed by atoms with Crippen LogP contribution in [0.2, 0.25) is 0 Å². The Morgan fingerprint density at radius 2 is 1.90 bits per heavy atom. The zero-order valence-corrected chi connectivity index (χ0v) is 22.6. The zero-order chi connectivity index (χ0) is 27.5. The van der Waals surface area contributed by atoms with Gasteiger partial charge in [0.25, 0.3) is 11.8 Å². The van der Waals surface area contributed by atoms with E-state index in [0.717, 1.165) is 59.0 Å². The number of benzene rings is 1. The highest BCUT2D eigenvalue weighted by Crippen LogP contribution is 2.37. The number of hydrogen-bond acceptors (Lipinski definition) is 6. The lowest BCUT2D eigenvalue weighted by Gasteiger charge is -2.18. The molecule has 4 heterocycles. The second kappa shape index (κ2) is 11.0. The minimum atomic E-state index is -0.188. The van der Waals surface area contributed by atoms with Gasteiger partial charge in [0.15, 0.2) is 0 Å². The maximum Gasteiger partial charge on any atom is 0.256 e. The Labute approximate surface area is 227 Å². The molecule has 3 aromatic heterocycles. The first-order chi connectivity index (χ1) is 18.9. The van der Waals surface area contributed by atoms with Gasteiger partial charge in [-0.15, -0.1) is 0 Å². The van der Waals surface area contributed by atoms with E-state index in [1.165, 1.54) is 0 Å². The number of amides is 2. The number of carbonyl (C=O) groups excluding carboxylic acids is 2. The van der Waals surface area contributed by atoms with Crippen molar-refractivity contribution < 1.29 is 9.59 Å². The van der Waals surface area contributed by atoms with Crippen molar-refractivity contribution in [2.75, 3.05) is 31.5 Å². The number of anilines is 1. The highest BCUT2D eigenvalue weighted by Gasteiger charge is 2.26. The van der Waals surface area contributed by atoms with Crippen LogP contribution in [-0.2, 0) is 4.79 Å².